The van der Waals surface area contributed by atoms with Crippen LogP contribution in [0.2, 0.25) is 0 Å². The minimum Gasteiger partial charge on any atom is -0.384 e. The number of carbonyl (C=O) groups excluding carboxylic acids is 1. The maximum atomic E-state index is 12.4. The fourth-order valence-electron chi connectivity index (χ4n) is 3.56. The number of fused-ring (bicyclic) bond motifs is 1. The van der Waals surface area contributed by atoms with Gasteiger partial charge in [0.05, 0.1) is 0 Å². The molecule has 3 unspecified atom stereocenters. The molecule has 1 amide bonds. The van der Waals surface area contributed by atoms with Gasteiger partial charge in [-0.15, -0.1) is 0 Å². The highest BCUT2D eigenvalue weighted by Crippen LogP contribution is 2.29. The topological polar surface area (TPSA) is 41.1 Å². The lowest BCUT2D eigenvalue weighted by molar-refractivity contribution is 0.0899. The molecule has 1 aromatic rings. The van der Waals surface area contributed by atoms with Crippen LogP contribution in [0.25, 0.3) is 0 Å². The Morgan fingerprint density at radius 3 is 2.95 bits per heavy atom. The number of anilines is 1. The summed E-state index contributed by atoms with van der Waals surface area (Å²) in [7, 11) is 0. The second kappa shape index (κ2) is 5.47. The van der Waals surface area contributed by atoms with Crippen LogP contribution in [0, 0.1) is 11.8 Å². The molecule has 0 spiro atoms. The average molecular weight is 272 g/mol. The summed E-state index contributed by atoms with van der Waals surface area (Å²) in [5.74, 6) is 1.45. The van der Waals surface area contributed by atoms with E-state index < -0.39 is 0 Å². The van der Waals surface area contributed by atoms with E-state index >= 15 is 0 Å². The van der Waals surface area contributed by atoms with E-state index in [-0.39, 0.29) is 5.91 Å². The molecule has 2 aliphatic rings. The Bertz CT molecular complexity index is 512. The smallest absolute Gasteiger partial charge is 0.251 e. The molecule has 3 nitrogen and oxygen atoms in total. The van der Waals surface area contributed by atoms with E-state index in [9.17, 15) is 4.79 Å². The maximum Gasteiger partial charge on any atom is 0.251 e. The first-order valence-electron chi connectivity index (χ1n) is 7.81. The summed E-state index contributed by atoms with van der Waals surface area (Å²) in [4.78, 5) is 12.4. The van der Waals surface area contributed by atoms with Crippen LogP contribution in [0.4, 0.5) is 5.69 Å². The summed E-state index contributed by atoms with van der Waals surface area (Å²) in [6.07, 6.45) is 4.61. The third kappa shape index (κ3) is 2.67. The van der Waals surface area contributed by atoms with Gasteiger partial charge in [-0.05, 0) is 55.2 Å². The molecule has 2 N–H and O–H groups in total. The van der Waals surface area contributed by atoms with Gasteiger partial charge in [-0.2, -0.15) is 0 Å². The molecule has 3 atom stereocenters. The standard InChI is InChI=1S/C17H24N2O/c1-11-3-6-15(12(2)9-11)19-17(20)14-5-4-13-7-8-18-16(13)10-14/h4-5,10-12,15,18H,3,6-9H2,1-2H3,(H,19,20). The molecular formula is C17H24N2O. The second-order valence-electron chi connectivity index (χ2n) is 6.52. The summed E-state index contributed by atoms with van der Waals surface area (Å²) in [5, 5.41) is 6.56. The minimum absolute atomic E-state index is 0.0768. The van der Waals surface area contributed by atoms with Crippen molar-refractivity contribution >= 4 is 11.6 Å². The molecule has 1 heterocycles. The first kappa shape index (κ1) is 13.5. The van der Waals surface area contributed by atoms with Crippen LogP contribution < -0.4 is 10.6 Å². The van der Waals surface area contributed by atoms with Gasteiger partial charge in [-0.3, -0.25) is 4.79 Å². The van der Waals surface area contributed by atoms with Crippen LogP contribution in [0.1, 0.15) is 49.0 Å². The van der Waals surface area contributed by atoms with Gasteiger partial charge in [0.15, 0.2) is 0 Å². The highest BCUT2D eigenvalue weighted by atomic mass is 16.1. The molecule has 1 saturated carbocycles. The van der Waals surface area contributed by atoms with E-state index in [1.54, 1.807) is 0 Å². The number of benzene rings is 1. The number of rotatable bonds is 2. The number of nitrogens with one attached hydrogen (secondary N) is 2. The molecule has 0 saturated heterocycles. The maximum absolute atomic E-state index is 12.4. The zero-order valence-corrected chi connectivity index (χ0v) is 12.4. The first-order valence-corrected chi connectivity index (χ1v) is 7.81. The third-order valence-electron chi connectivity index (χ3n) is 4.83. The zero-order chi connectivity index (χ0) is 14.1. The monoisotopic (exact) mass is 272 g/mol. The van der Waals surface area contributed by atoms with E-state index in [1.807, 2.05) is 12.1 Å². The molecule has 108 valence electrons. The Hall–Kier alpha value is -1.51. The lowest BCUT2D eigenvalue weighted by atomic mass is 9.80. The van der Waals surface area contributed by atoms with Gasteiger partial charge in [-0.1, -0.05) is 19.9 Å². The fraction of sp³-hybridized carbons (Fsp3) is 0.588. The quantitative estimate of drug-likeness (QED) is 0.868. The first-order chi connectivity index (χ1) is 9.63. The molecule has 1 aliphatic carbocycles. The van der Waals surface area contributed by atoms with Crippen molar-refractivity contribution in [3.8, 4) is 0 Å². The van der Waals surface area contributed by atoms with Crippen LogP contribution in [-0.4, -0.2) is 18.5 Å². The number of hydrogen-bond acceptors (Lipinski definition) is 2. The van der Waals surface area contributed by atoms with Crippen LogP contribution in [0.3, 0.4) is 0 Å². The molecule has 1 fully saturated rings. The molecule has 3 rings (SSSR count). The summed E-state index contributed by atoms with van der Waals surface area (Å²) in [6.45, 7) is 5.55. The summed E-state index contributed by atoms with van der Waals surface area (Å²) in [5.41, 5.74) is 3.23. The normalized spacial score (nSPS) is 28.6. The van der Waals surface area contributed by atoms with E-state index in [1.165, 1.54) is 18.4 Å². The Balaban J connectivity index is 1.67. The largest absolute Gasteiger partial charge is 0.384 e. The second-order valence-corrected chi connectivity index (χ2v) is 6.52. The Labute approximate surface area is 121 Å². The van der Waals surface area contributed by atoms with E-state index in [0.29, 0.717) is 12.0 Å². The van der Waals surface area contributed by atoms with Crippen molar-refractivity contribution < 1.29 is 4.79 Å². The molecular weight excluding hydrogens is 248 g/mol. The van der Waals surface area contributed by atoms with Gasteiger partial charge < -0.3 is 10.6 Å². The zero-order valence-electron chi connectivity index (χ0n) is 12.4. The van der Waals surface area contributed by atoms with Gasteiger partial charge in [-0.25, -0.2) is 0 Å². The van der Waals surface area contributed by atoms with Crippen LogP contribution in [0.15, 0.2) is 18.2 Å². The van der Waals surface area contributed by atoms with Crippen molar-refractivity contribution in [2.45, 2.75) is 45.6 Å². The predicted octanol–water partition coefficient (Wildman–Crippen LogP) is 3.21. The molecule has 0 aromatic heterocycles. The van der Waals surface area contributed by atoms with Gasteiger partial charge in [0, 0.05) is 23.8 Å². The van der Waals surface area contributed by atoms with E-state index in [2.05, 4.69) is 30.5 Å². The third-order valence-corrected chi connectivity index (χ3v) is 4.83. The molecule has 20 heavy (non-hydrogen) atoms. The van der Waals surface area contributed by atoms with E-state index in [0.717, 1.165) is 36.6 Å². The van der Waals surface area contributed by atoms with Gasteiger partial charge in [0.25, 0.3) is 5.91 Å². The summed E-state index contributed by atoms with van der Waals surface area (Å²) in [6, 6.07) is 6.36. The van der Waals surface area contributed by atoms with Crippen molar-refractivity contribution in [1.82, 2.24) is 5.32 Å². The summed E-state index contributed by atoms with van der Waals surface area (Å²) < 4.78 is 0. The van der Waals surface area contributed by atoms with Gasteiger partial charge >= 0.3 is 0 Å². The predicted molar refractivity (Wildman–Crippen MR) is 82.1 cm³/mol. The number of carbonyl (C=O) groups is 1. The van der Waals surface area contributed by atoms with Crippen molar-refractivity contribution in [2.75, 3.05) is 11.9 Å². The lowest BCUT2D eigenvalue weighted by Crippen LogP contribution is -2.42. The van der Waals surface area contributed by atoms with Gasteiger partial charge in [0.2, 0.25) is 0 Å². The minimum atomic E-state index is 0.0768. The average Bonchev–Trinajstić information content (AvgIpc) is 2.89. The Morgan fingerprint density at radius 2 is 2.15 bits per heavy atom. The molecule has 0 radical (unpaired) electrons. The van der Waals surface area contributed by atoms with Crippen LogP contribution >= 0.6 is 0 Å². The van der Waals surface area contributed by atoms with Crippen LogP contribution in [-0.2, 0) is 6.42 Å². The number of amides is 1. The number of hydrogen-bond donors (Lipinski definition) is 2. The lowest BCUT2D eigenvalue weighted by Gasteiger charge is -2.33. The van der Waals surface area contributed by atoms with Crippen molar-refractivity contribution in [2.24, 2.45) is 11.8 Å². The van der Waals surface area contributed by atoms with Crippen molar-refractivity contribution in [1.29, 1.82) is 0 Å². The van der Waals surface area contributed by atoms with E-state index in [4.69, 9.17) is 0 Å². The highest BCUT2D eigenvalue weighted by molar-refractivity contribution is 5.95. The molecule has 1 aliphatic heterocycles. The Morgan fingerprint density at radius 1 is 1.30 bits per heavy atom. The summed E-state index contributed by atoms with van der Waals surface area (Å²) >= 11 is 0. The van der Waals surface area contributed by atoms with Crippen molar-refractivity contribution in [3.05, 3.63) is 29.3 Å². The molecule has 1 aromatic carbocycles. The SMILES string of the molecule is CC1CCC(NC(=O)c2ccc3c(c2)NCC3)C(C)C1. The molecule has 3 heteroatoms. The fourth-order valence-corrected chi connectivity index (χ4v) is 3.56. The van der Waals surface area contributed by atoms with Crippen molar-refractivity contribution in [3.63, 3.8) is 0 Å². The Kier molecular flexibility index (Phi) is 3.68. The van der Waals surface area contributed by atoms with Crippen LogP contribution in [0.5, 0.6) is 0 Å². The molecule has 0 bridgehead atoms. The van der Waals surface area contributed by atoms with Gasteiger partial charge in [0.1, 0.15) is 0 Å². The highest BCUT2D eigenvalue weighted by Gasteiger charge is 2.27.